The summed E-state index contributed by atoms with van der Waals surface area (Å²) < 4.78 is 0. The van der Waals surface area contributed by atoms with Gasteiger partial charge in [0.05, 0.1) is 5.92 Å². The summed E-state index contributed by atoms with van der Waals surface area (Å²) in [6.07, 6.45) is 3.84. The molecule has 2 amide bonds. The van der Waals surface area contributed by atoms with E-state index in [-0.39, 0.29) is 30.1 Å². The van der Waals surface area contributed by atoms with E-state index < -0.39 is 0 Å². The quantitative estimate of drug-likeness (QED) is 0.830. The van der Waals surface area contributed by atoms with E-state index in [9.17, 15) is 9.59 Å². The minimum Gasteiger partial charge on any atom is -0.342 e. The van der Waals surface area contributed by atoms with E-state index in [2.05, 4.69) is 27.0 Å². The van der Waals surface area contributed by atoms with E-state index in [1.54, 1.807) is 11.3 Å². The molecular weight excluding hydrogens is 370 g/mol. The molecule has 0 bridgehead atoms. The number of piperidine rings is 1. The van der Waals surface area contributed by atoms with E-state index in [1.807, 2.05) is 11.8 Å². The normalized spacial score (nSPS) is 26.7. The van der Waals surface area contributed by atoms with Crippen LogP contribution in [0.2, 0.25) is 0 Å². The molecule has 5 nitrogen and oxygen atoms in total. The van der Waals surface area contributed by atoms with E-state index >= 15 is 0 Å². The fourth-order valence-corrected chi connectivity index (χ4v) is 5.29. The van der Waals surface area contributed by atoms with Crippen molar-refractivity contribution in [3.8, 4) is 0 Å². The molecule has 3 fully saturated rings. The number of thiophene rings is 1. The lowest BCUT2D eigenvalue weighted by Crippen LogP contribution is -2.42. The van der Waals surface area contributed by atoms with Gasteiger partial charge in [-0.15, -0.1) is 12.4 Å². The second-order valence-corrected chi connectivity index (χ2v) is 8.54. The van der Waals surface area contributed by atoms with Crippen LogP contribution in [0.1, 0.15) is 38.2 Å². The molecule has 144 valence electrons. The summed E-state index contributed by atoms with van der Waals surface area (Å²) in [4.78, 5) is 29.3. The Hall–Kier alpha value is -1.11. The van der Waals surface area contributed by atoms with Gasteiger partial charge in [-0.3, -0.25) is 9.59 Å². The number of likely N-dealkylation sites (tertiary alicyclic amines) is 1. The molecule has 3 heterocycles. The Morgan fingerprint density at radius 1 is 1.42 bits per heavy atom. The first kappa shape index (κ1) is 19.6. The molecule has 26 heavy (non-hydrogen) atoms. The van der Waals surface area contributed by atoms with Crippen molar-refractivity contribution < 1.29 is 9.59 Å². The lowest BCUT2D eigenvalue weighted by atomic mass is 9.93. The maximum atomic E-state index is 13.3. The van der Waals surface area contributed by atoms with Crippen LogP contribution in [0.3, 0.4) is 0 Å². The van der Waals surface area contributed by atoms with Gasteiger partial charge in [-0.1, -0.05) is 0 Å². The highest BCUT2D eigenvalue weighted by molar-refractivity contribution is 7.07. The van der Waals surface area contributed by atoms with E-state index in [0.29, 0.717) is 37.5 Å². The Balaban J connectivity index is 0.00000196. The number of amides is 2. The average molecular weight is 398 g/mol. The molecule has 2 unspecified atom stereocenters. The second-order valence-electron chi connectivity index (χ2n) is 7.76. The second kappa shape index (κ2) is 7.87. The van der Waals surface area contributed by atoms with Crippen LogP contribution in [0.15, 0.2) is 16.8 Å². The van der Waals surface area contributed by atoms with Crippen molar-refractivity contribution >= 4 is 35.6 Å². The molecule has 2 saturated heterocycles. The molecule has 4 rings (SSSR count). The largest absolute Gasteiger partial charge is 0.342 e. The minimum absolute atomic E-state index is 0. The molecule has 1 saturated carbocycles. The third-order valence-electron chi connectivity index (χ3n) is 6.28. The highest BCUT2D eigenvalue weighted by Gasteiger charge is 2.58. The van der Waals surface area contributed by atoms with Crippen LogP contribution in [0, 0.1) is 11.3 Å². The van der Waals surface area contributed by atoms with Gasteiger partial charge in [-0.25, -0.2) is 0 Å². The molecule has 1 spiro atoms. The van der Waals surface area contributed by atoms with Gasteiger partial charge in [0.15, 0.2) is 0 Å². The van der Waals surface area contributed by atoms with Gasteiger partial charge < -0.3 is 15.1 Å². The van der Waals surface area contributed by atoms with E-state index in [4.69, 9.17) is 0 Å². The maximum absolute atomic E-state index is 13.3. The van der Waals surface area contributed by atoms with Gasteiger partial charge in [0.1, 0.15) is 0 Å². The number of halogens is 1. The Kier molecular flexibility index (Phi) is 5.94. The maximum Gasteiger partial charge on any atom is 0.228 e. The van der Waals surface area contributed by atoms with Crippen LogP contribution < -0.4 is 5.32 Å². The van der Waals surface area contributed by atoms with Crippen LogP contribution in [0.5, 0.6) is 0 Å². The number of nitrogens with one attached hydrogen (secondary N) is 1. The molecule has 1 aromatic rings. The summed E-state index contributed by atoms with van der Waals surface area (Å²) in [6, 6.07) is 2.47. The van der Waals surface area contributed by atoms with Crippen molar-refractivity contribution in [1.29, 1.82) is 0 Å². The first-order chi connectivity index (χ1) is 12.1. The number of carbonyl (C=O) groups excluding carboxylic acids is 2. The molecule has 1 N–H and O–H groups in total. The first-order valence-electron chi connectivity index (χ1n) is 9.43. The van der Waals surface area contributed by atoms with E-state index in [0.717, 1.165) is 32.4 Å². The third kappa shape index (κ3) is 3.64. The fraction of sp³-hybridized carbons (Fsp3) is 0.684. The topological polar surface area (TPSA) is 52.7 Å². The minimum atomic E-state index is -0.162. The van der Waals surface area contributed by atoms with Gasteiger partial charge in [-0.2, -0.15) is 11.3 Å². The van der Waals surface area contributed by atoms with Crippen molar-refractivity contribution in [1.82, 2.24) is 15.1 Å². The summed E-state index contributed by atoms with van der Waals surface area (Å²) in [5.74, 6) is 0.157. The molecule has 2 aliphatic heterocycles. The summed E-state index contributed by atoms with van der Waals surface area (Å²) in [6.45, 7) is 6.09. The molecule has 7 heteroatoms. The zero-order valence-electron chi connectivity index (χ0n) is 15.3. The molecule has 0 aromatic carbocycles. The zero-order valence-corrected chi connectivity index (χ0v) is 16.9. The SMILES string of the molecule is CCN1CC(C(=O)N(Cc2ccsc2)C2CC23CCNCC3)CC1=O.Cl. The third-order valence-corrected chi connectivity index (χ3v) is 7.02. The summed E-state index contributed by atoms with van der Waals surface area (Å²) in [5, 5.41) is 7.64. The number of rotatable bonds is 5. The standard InChI is InChI=1S/C19H27N3O2S.ClH/c1-2-21-12-15(9-17(21)23)18(24)22(11-14-3-8-25-13-14)16-10-19(16)4-6-20-7-5-19;/h3,8,13,15-16,20H,2,4-7,9-12H2,1H3;1H. The Labute approximate surface area is 165 Å². The van der Waals surface area contributed by atoms with Gasteiger partial charge in [0.25, 0.3) is 0 Å². The van der Waals surface area contributed by atoms with E-state index in [1.165, 1.54) is 5.56 Å². The van der Waals surface area contributed by atoms with Crippen LogP contribution in [-0.2, 0) is 16.1 Å². The number of hydrogen-bond acceptors (Lipinski definition) is 4. The smallest absolute Gasteiger partial charge is 0.228 e. The zero-order chi connectivity index (χ0) is 17.4. The van der Waals surface area contributed by atoms with Crippen molar-refractivity contribution in [3.05, 3.63) is 22.4 Å². The summed E-state index contributed by atoms with van der Waals surface area (Å²) in [7, 11) is 0. The summed E-state index contributed by atoms with van der Waals surface area (Å²) >= 11 is 1.68. The molecule has 0 radical (unpaired) electrons. The van der Waals surface area contributed by atoms with Gasteiger partial charge in [0, 0.05) is 32.1 Å². The molecular formula is C19H28ClN3O2S. The van der Waals surface area contributed by atoms with Crippen LogP contribution in [-0.4, -0.2) is 53.8 Å². The first-order valence-corrected chi connectivity index (χ1v) is 10.4. The lowest BCUT2D eigenvalue weighted by molar-refractivity contribution is -0.137. The lowest BCUT2D eigenvalue weighted by Gasteiger charge is -2.31. The predicted octanol–water partition coefficient (Wildman–Crippen LogP) is 2.51. The summed E-state index contributed by atoms with van der Waals surface area (Å²) in [5.41, 5.74) is 1.54. The molecule has 1 aromatic heterocycles. The Morgan fingerprint density at radius 2 is 2.19 bits per heavy atom. The number of nitrogens with zero attached hydrogens (tertiary/aromatic N) is 2. The number of carbonyl (C=O) groups is 2. The van der Waals surface area contributed by atoms with Crippen LogP contribution in [0.25, 0.3) is 0 Å². The van der Waals surface area contributed by atoms with Crippen molar-refractivity contribution in [2.45, 2.75) is 45.2 Å². The monoisotopic (exact) mass is 397 g/mol. The van der Waals surface area contributed by atoms with Gasteiger partial charge in [0.2, 0.25) is 11.8 Å². The molecule has 1 aliphatic carbocycles. The highest BCUT2D eigenvalue weighted by Crippen LogP contribution is 2.56. The van der Waals surface area contributed by atoms with Crippen LogP contribution in [0.4, 0.5) is 0 Å². The fourth-order valence-electron chi connectivity index (χ4n) is 4.63. The van der Waals surface area contributed by atoms with Crippen molar-refractivity contribution in [2.75, 3.05) is 26.2 Å². The van der Waals surface area contributed by atoms with Gasteiger partial charge in [-0.05, 0) is 67.1 Å². The predicted molar refractivity (Wildman–Crippen MR) is 105 cm³/mol. The Morgan fingerprint density at radius 3 is 2.81 bits per heavy atom. The molecule has 2 atom stereocenters. The van der Waals surface area contributed by atoms with Gasteiger partial charge >= 0.3 is 0 Å². The highest BCUT2D eigenvalue weighted by atomic mass is 35.5. The number of hydrogen-bond donors (Lipinski definition) is 1. The average Bonchev–Trinajstić information content (AvgIpc) is 2.99. The van der Waals surface area contributed by atoms with Crippen LogP contribution >= 0.6 is 23.7 Å². The molecule has 3 aliphatic rings. The Bertz CT molecular complexity index is 645. The van der Waals surface area contributed by atoms with Crippen molar-refractivity contribution in [3.63, 3.8) is 0 Å². The van der Waals surface area contributed by atoms with Crippen molar-refractivity contribution in [2.24, 2.45) is 11.3 Å².